The van der Waals surface area contributed by atoms with Gasteiger partial charge in [-0.05, 0) is 12.0 Å². The Labute approximate surface area is 112 Å². The number of nitrogens with two attached hydrogens (primary N) is 1. The summed E-state index contributed by atoms with van der Waals surface area (Å²) in [6, 6.07) is 10.5. The molecule has 0 saturated carbocycles. The summed E-state index contributed by atoms with van der Waals surface area (Å²) in [4.78, 5) is 5.74. The second kappa shape index (κ2) is 6.64. The van der Waals surface area contributed by atoms with Gasteiger partial charge in [0.25, 0.3) is 0 Å². The molecule has 1 heterocycles. The van der Waals surface area contributed by atoms with Gasteiger partial charge in [0.1, 0.15) is 0 Å². The maximum absolute atomic E-state index is 5.72. The minimum Gasteiger partial charge on any atom is -0.378 e. The van der Waals surface area contributed by atoms with E-state index in [1.807, 2.05) is 6.07 Å². The van der Waals surface area contributed by atoms with Crippen LogP contribution < -0.4 is 5.73 Å². The Morgan fingerprint density at radius 3 is 2.67 bits per heavy atom. The first kappa shape index (κ1) is 13.2. The molecule has 0 aliphatic heterocycles. The molecule has 2 rings (SSSR count). The molecular formula is C14H18N2OS. The third-order valence-electron chi connectivity index (χ3n) is 2.76. The highest BCUT2D eigenvalue weighted by Gasteiger charge is 2.09. The number of rotatable bonds is 6. The fraction of sp³-hybridized carbons (Fsp3) is 0.357. The van der Waals surface area contributed by atoms with Gasteiger partial charge in [0.2, 0.25) is 0 Å². The Bertz CT molecular complexity index is 482. The zero-order valence-electron chi connectivity index (χ0n) is 10.6. The summed E-state index contributed by atoms with van der Waals surface area (Å²) in [6.07, 6.45) is 1.98. The molecule has 96 valence electrons. The van der Waals surface area contributed by atoms with E-state index in [-0.39, 0.29) is 0 Å². The van der Waals surface area contributed by atoms with E-state index in [0.29, 0.717) is 13.2 Å². The lowest BCUT2D eigenvalue weighted by molar-refractivity contribution is 0.181. The monoisotopic (exact) mass is 262 g/mol. The molecule has 3 nitrogen and oxygen atoms in total. The smallest absolute Gasteiger partial charge is 0.0936 e. The SMILES string of the molecule is COCc1nc(CCc2ccccc2)sc1CN. The van der Waals surface area contributed by atoms with Gasteiger partial charge in [-0.15, -0.1) is 11.3 Å². The predicted octanol–water partition coefficient (Wildman–Crippen LogP) is 2.53. The molecule has 0 aliphatic rings. The molecule has 0 radical (unpaired) electrons. The van der Waals surface area contributed by atoms with Gasteiger partial charge in [-0.2, -0.15) is 0 Å². The number of methoxy groups -OCH3 is 1. The van der Waals surface area contributed by atoms with E-state index in [9.17, 15) is 0 Å². The number of nitrogens with zero attached hydrogens (tertiary/aromatic N) is 1. The Morgan fingerprint density at radius 2 is 2.00 bits per heavy atom. The van der Waals surface area contributed by atoms with Crippen LogP contribution in [0.3, 0.4) is 0 Å². The summed E-state index contributed by atoms with van der Waals surface area (Å²) >= 11 is 1.70. The van der Waals surface area contributed by atoms with Crippen LogP contribution in [0.2, 0.25) is 0 Å². The van der Waals surface area contributed by atoms with Crippen molar-refractivity contribution < 1.29 is 4.74 Å². The molecule has 0 unspecified atom stereocenters. The first-order chi connectivity index (χ1) is 8.83. The van der Waals surface area contributed by atoms with Crippen molar-refractivity contribution in [1.82, 2.24) is 4.98 Å². The van der Waals surface area contributed by atoms with Crippen molar-refractivity contribution in [3.05, 3.63) is 51.5 Å². The largest absolute Gasteiger partial charge is 0.378 e. The van der Waals surface area contributed by atoms with E-state index in [1.54, 1.807) is 18.4 Å². The van der Waals surface area contributed by atoms with E-state index in [1.165, 1.54) is 5.56 Å². The zero-order chi connectivity index (χ0) is 12.8. The molecule has 0 amide bonds. The molecule has 0 atom stereocenters. The van der Waals surface area contributed by atoms with Crippen molar-refractivity contribution in [3.8, 4) is 0 Å². The van der Waals surface area contributed by atoms with Crippen LogP contribution in [-0.2, 0) is 30.7 Å². The average Bonchev–Trinajstić information content (AvgIpc) is 2.80. The first-order valence-corrected chi connectivity index (χ1v) is 6.85. The van der Waals surface area contributed by atoms with Crippen LogP contribution in [-0.4, -0.2) is 12.1 Å². The minimum absolute atomic E-state index is 0.543. The number of aryl methyl sites for hydroxylation is 2. The lowest BCUT2D eigenvalue weighted by Crippen LogP contribution is -1.99. The van der Waals surface area contributed by atoms with Crippen molar-refractivity contribution in [2.45, 2.75) is 26.0 Å². The molecule has 2 N–H and O–H groups in total. The summed E-state index contributed by atoms with van der Waals surface area (Å²) in [5, 5.41) is 1.14. The van der Waals surface area contributed by atoms with Crippen molar-refractivity contribution in [1.29, 1.82) is 0 Å². The van der Waals surface area contributed by atoms with Gasteiger partial charge < -0.3 is 10.5 Å². The predicted molar refractivity (Wildman–Crippen MR) is 74.6 cm³/mol. The van der Waals surface area contributed by atoms with E-state index in [2.05, 4.69) is 29.2 Å². The highest BCUT2D eigenvalue weighted by atomic mass is 32.1. The number of aromatic nitrogens is 1. The zero-order valence-corrected chi connectivity index (χ0v) is 11.4. The van der Waals surface area contributed by atoms with Crippen LogP contribution in [0.4, 0.5) is 0 Å². The Kier molecular flexibility index (Phi) is 4.87. The molecule has 1 aromatic heterocycles. The quantitative estimate of drug-likeness (QED) is 0.870. The van der Waals surface area contributed by atoms with Crippen molar-refractivity contribution in [2.75, 3.05) is 7.11 Å². The Balaban J connectivity index is 2.01. The maximum atomic E-state index is 5.72. The van der Waals surface area contributed by atoms with Crippen LogP contribution in [0, 0.1) is 0 Å². The summed E-state index contributed by atoms with van der Waals surface area (Å²) in [7, 11) is 1.68. The fourth-order valence-corrected chi connectivity index (χ4v) is 2.80. The number of hydrogen-bond acceptors (Lipinski definition) is 4. The molecule has 0 bridgehead atoms. The minimum atomic E-state index is 0.543. The molecular weight excluding hydrogens is 244 g/mol. The van der Waals surface area contributed by atoms with Crippen molar-refractivity contribution in [3.63, 3.8) is 0 Å². The van der Waals surface area contributed by atoms with Crippen molar-refractivity contribution >= 4 is 11.3 Å². The number of benzene rings is 1. The topological polar surface area (TPSA) is 48.1 Å². The van der Waals surface area contributed by atoms with Crippen LogP contribution in [0.5, 0.6) is 0 Å². The third kappa shape index (κ3) is 3.38. The Hall–Kier alpha value is -1.23. The third-order valence-corrected chi connectivity index (χ3v) is 3.94. The molecule has 0 fully saturated rings. The lowest BCUT2D eigenvalue weighted by Gasteiger charge is -1.98. The first-order valence-electron chi connectivity index (χ1n) is 6.04. The van der Waals surface area contributed by atoms with Gasteiger partial charge in [-0.25, -0.2) is 4.98 Å². The Morgan fingerprint density at radius 1 is 1.22 bits per heavy atom. The molecule has 0 aliphatic carbocycles. The summed E-state index contributed by atoms with van der Waals surface area (Å²) < 4.78 is 5.14. The fourth-order valence-electron chi connectivity index (χ4n) is 1.85. The highest BCUT2D eigenvalue weighted by Crippen LogP contribution is 2.20. The van der Waals surface area contributed by atoms with Gasteiger partial charge in [0.05, 0.1) is 17.3 Å². The number of ether oxygens (including phenoxy) is 1. The lowest BCUT2D eigenvalue weighted by atomic mass is 10.1. The summed E-state index contributed by atoms with van der Waals surface area (Å²) in [5.74, 6) is 0. The number of hydrogen-bond donors (Lipinski definition) is 1. The van der Waals surface area contributed by atoms with Crippen LogP contribution in [0.15, 0.2) is 30.3 Å². The van der Waals surface area contributed by atoms with Crippen molar-refractivity contribution in [2.24, 2.45) is 5.73 Å². The van der Waals surface area contributed by atoms with Gasteiger partial charge in [-0.1, -0.05) is 30.3 Å². The second-order valence-electron chi connectivity index (χ2n) is 4.10. The van der Waals surface area contributed by atoms with E-state index in [4.69, 9.17) is 10.5 Å². The number of thiazole rings is 1. The molecule has 2 aromatic rings. The van der Waals surface area contributed by atoms with Gasteiger partial charge >= 0.3 is 0 Å². The molecule has 0 spiro atoms. The molecule has 18 heavy (non-hydrogen) atoms. The maximum Gasteiger partial charge on any atom is 0.0936 e. The van der Waals surface area contributed by atoms with Gasteiger partial charge in [0, 0.05) is 25.0 Å². The van der Waals surface area contributed by atoms with Gasteiger partial charge in [0.15, 0.2) is 0 Å². The summed E-state index contributed by atoms with van der Waals surface area (Å²) in [6.45, 7) is 1.09. The van der Waals surface area contributed by atoms with E-state index >= 15 is 0 Å². The van der Waals surface area contributed by atoms with Crippen LogP contribution >= 0.6 is 11.3 Å². The molecule has 0 saturated heterocycles. The average molecular weight is 262 g/mol. The van der Waals surface area contributed by atoms with E-state index < -0.39 is 0 Å². The van der Waals surface area contributed by atoms with Gasteiger partial charge in [-0.3, -0.25) is 0 Å². The molecule has 1 aromatic carbocycles. The van der Waals surface area contributed by atoms with Crippen LogP contribution in [0.1, 0.15) is 21.1 Å². The van der Waals surface area contributed by atoms with E-state index in [0.717, 1.165) is 28.4 Å². The molecule has 4 heteroatoms. The standard InChI is InChI=1S/C14H18N2OS/c1-17-10-12-13(9-15)18-14(16-12)8-7-11-5-3-2-4-6-11/h2-6H,7-10,15H2,1H3. The normalized spacial score (nSPS) is 10.8. The van der Waals surface area contributed by atoms with Crippen LogP contribution in [0.25, 0.3) is 0 Å². The highest BCUT2D eigenvalue weighted by molar-refractivity contribution is 7.11. The summed E-state index contributed by atoms with van der Waals surface area (Å²) in [5.41, 5.74) is 8.05. The second-order valence-corrected chi connectivity index (χ2v) is 5.27.